The van der Waals surface area contributed by atoms with Gasteiger partial charge in [-0.05, 0) is 55.4 Å². The van der Waals surface area contributed by atoms with Gasteiger partial charge in [-0.3, -0.25) is 18.9 Å². The fourth-order valence-electron chi connectivity index (χ4n) is 5.76. The molecule has 3 saturated carbocycles. The van der Waals surface area contributed by atoms with E-state index in [1.807, 2.05) is 0 Å². The number of halogens is 4. The summed E-state index contributed by atoms with van der Waals surface area (Å²) in [6.45, 7) is 1.81. The molecule has 2 bridgehead atoms. The van der Waals surface area contributed by atoms with Crippen LogP contribution in [0.4, 0.5) is 8.78 Å². The van der Waals surface area contributed by atoms with Gasteiger partial charge in [0.2, 0.25) is 0 Å². The second-order valence-electron chi connectivity index (χ2n) is 12.5. The Bertz CT molecular complexity index is 1550. The Morgan fingerprint density at radius 2 is 1.43 bits per heavy atom. The van der Waals surface area contributed by atoms with Crippen LogP contribution in [-0.2, 0) is 28.2 Å². The number of phosphoric ester groups is 1. The lowest BCUT2D eigenvalue weighted by Crippen LogP contribution is -2.71. The van der Waals surface area contributed by atoms with Gasteiger partial charge < -0.3 is 34.6 Å². The number of hydrogen-bond donors (Lipinski definition) is 4. The lowest BCUT2D eigenvalue weighted by atomic mass is 9.59. The quantitative estimate of drug-likeness (QED) is 0.156. The molecule has 3 fully saturated rings. The first-order valence-corrected chi connectivity index (χ1v) is 16.8. The standard InChI is InChI=1S/C30H35Cl2F2N2O10P/c1-28(2,17-45-47(40,41)42)14-27(39)46-24-13-29(35-25(37)15-43-18-3-5-20(31)22(33)11-18)7-9-30(24,10-8-29)36-26(38)16-44-19-4-6-21(32)23(34)12-19/h3-6,11-12,24H,7-10,13-17H2,1-2H3,(H,35,37)(H,36,38)(H2,40,41,42). The highest BCUT2D eigenvalue weighted by atomic mass is 35.5. The summed E-state index contributed by atoms with van der Waals surface area (Å²) in [6, 6.07) is 7.52. The maximum Gasteiger partial charge on any atom is 0.469 e. The number of fused-ring (bicyclic) bond motifs is 3. The van der Waals surface area contributed by atoms with Crippen molar-refractivity contribution in [3.05, 3.63) is 58.1 Å². The summed E-state index contributed by atoms with van der Waals surface area (Å²) < 4.78 is 60.1. The SMILES string of the molecule is CC(C)(COP(=O)(O)O)CC(=O)OC1CC2(NC(=O)COc3ccc(Cl)c(F)c3)CCC1(NC(=O)COc1ccc(Cl)c(F)c1)CC2. The molecule has 0 aliphatic heterocycles. The van der Waals surface area contributed by atoms with Gasteiger partial charge in [-0.1, -0.05) is 37.0 Å². The Kier molecular flexibility index (Phi) is 11.5. The highest BCUT2D eigenvalue weighted by molar-refractivity contribution is 7.46. The van der Waals surface area contributed by atoms with Crippen LogP contribution in [0.25, 0.3) is 0 Å². The normalized spacial score (nSPS) is 22.3. The molecule has 5 rings (SSSR count). The number of benzene rings is 2. The molecule has 0 spiro atoms. The largest absolute Gasteiger partial charge is 0.484 e. The van der Waals surface area contributed by atoms with Crippen LogP contribution in [0.2, 0.25) is 10.0 Å². The van der Waals surface area contributed by atoms with Crippen LogP contribution in [0, 0.1) is 17.0 Å². The number of amides is 2. The summed E-state index contributed by atoms with van der Waals surface area (Å²) in [5, 5.41) is 5.70. The summed E-state index contributed by atoms with van der Waals surface area (Å²) in [4.78, 5) is 57.3. The number of carbonyl (C=O) groups is 3. The lowest BCUT2D eigenvalue weighted by molar-refractivity contribution is -0.169. The Morgan fingerprint density at radius 3 is 1.91 bits per heavy atom. The predicted molar refractivity (Wildman–Crippen MR) is 165 cm³/mol. The van der Waals surface area contributed by atoms with Crippen molar-refractivity contribution in [2.24, 2.45) is 5.41 Å². The van der Waals surface area contributed by atoms with Crippen molar-refractivity contribution in [2.45, 2.75) is 69.6 Å². The molecule has 17 heteroatoms. The van der Waals surface area contributed by atoms with Crippen LogP contribution in [0.1, 0.15) is 52.4 Å². The van der Waals surface area contributed by atoms with Crippen molar-refractivity contribution < 1.29 is 56.3 Å². The minimum absolute atomic E-state index is 0.0832. The van der Waals surface area contributed by atoms with E-state index in [1.165, 1.54) is 24.3 Å². The van der Waals surface area contributed by atoms with Crippen LogP contribution in [0.15, 0.2) is 36.4 Å². The minimum Gasteiger partial charge on any atom is -0.484 e. The van der Waals surface area contributed by atoms with E-state index in [4.69, 9.17) is 47.2 Å². The van der Waals surface area contributed by atoms with Crippen molar-refractivity contribution in [1.29, 1.82) is 0 Å². The first-order valence-electron chi connectivity index (χ1n) is 14.6. The summed E-state index contributed by atoms with van der Waals surface area (Å²) in [5.74, 6) is -2.99. The topological polar surface area (TPSA) is 170 Å². The number of rotatable bonds is 14. The van der Waals surface area contributed by atoms with E-state index in [0.717, 1.165) is 12.1 Å². The number of phosphoric acid groups is 1. The second-order valence-corrected chi connectivity index (χ2v) is 14.6. The van der Waals surface area contributed by atoms with Gasteiger partial charge in [0.05, 0.1) is 28.6 Å². The third-order valence-electron chi connectivity index (χ3n) is 8.13. The van der Waals surface area contributed by atoms with Crippen LogP contribution >= 0.6 is 31.0 Å². The summed E-state index contributed by atoms with van der Waals surface area (Å²) >= 11 is 11.4. The van der Waals surface area contributed by atoms with Gasteiger partial charge in [-0.25, -0.2) is 13.3 Å². The van der Waals surface area contributed by atoms with Crippen molar-refractivity contribution in [3.8, 4) is 11.5 Å². The fourth-order valence-corrected chi connectivity index (χ4v) is 6.52. The highest BCUT2D eigenvalue weighted by Gasteiger charge is 2.57. The second kappa shape index (κ2) is 14.6. The van der Waals surface area contributed by atoms with Gasteiger partial charge in [-0.2, -0.15) is 0 Å². The zero-order chi connectivity index (χ0) is 34.6. The third-order valence-corrected chi connectivity index (χ3v) is 9.21. The molecule has 0 saturated heterocycles. The smallest absolute Gasteiger partial charge is 0.469 e. The zero-order valence-electron chi connectivity index (χ0n) is 25.5. The number of hydrogen-bond acceptors (Lipinski definition) is 8. The van der Waals surface area contributed by atoms with E-state index >= 15 is 0 Å². The molecule has 258 valence electrons. The van der Waals surface area contributed by atoms with E-state index in [9.17, 15) is 27.7 Å². The molecule has 2 aromatic carbocycles. The van der Waals surface area contributed by atoms with E-state index in [-0.39, 0.29) is 34.4 Å². The molecule has 12 nitrogen and oxygen atoms in total. The monoisotopic (exact) mass is 722 g/mol. The Morgan fingerprint density at radius 1 is 0.915 bits per heavy atom. The summed E-state index contributed by atoms with van der Waals surface area (Å²) in [5.41, 5.74) is -2.87. The molecule has 2 amide bonds. The Hall–Kier alpha value is -3.00. The maximum absolute atomic E-state index is 13.8. The van der Waals surface area contributed by atoms with Gasteiger partial charge in [0.15, 0.2) is 13.2 Å². The van der Waals surface area contributed by atoms with Gasteiger partial charge >= 0.3 is 13.8 Å². The highest BCUT2D eigenvalue weighted by Crippen LogP contribution is 2.49. The number of nitrogens with one attached hydrogen (secondary N) is 2. The van der Waals surface area contributed by atoms with Gasteiger partial charge in [0.25, 0.3) is 11.8 Å². The Balaban J connectivity index is 1.45. The molecule has 1 unspecified atom stereocenters. The zero-order valence-corrected chi connectivity index (χ0v) is 27.9. The van der Waals surface area contributed by atoms with Crippen LogP contribution < -0.4 is 20.1 Å². The van der Waals surface area contributed by atoms with Crippen molar-refractivity contribution in [3.63, 3.8) is 0 Å². The van der Waals surface area contributed by atoms with Crippen molar-refractivity contribution in [2.75, 3.05) is 19.8 Å². The van der Waals surface area contributed by atoms with Gasteiger partial charge in [0.1, 0.15) is 29.2 Å². The first kappa shape index (κ1) is 36.8. The Labute approximate surface area is 279 Å². The molecule has 1 atom stereocenters. The molecular formula is C30H35Cl2F2N2O10P. The van der Waals surface area contributed by atoms with E-state index in [2.05, 4.69) is 15.2 Å². The minimum atomic E-state index is -4.78. The molecule has 4 N–H and O–H groups in total. The number of ether oxygens (including phenoxy) is 3. The average molecular weight is 723 g/mol. The summed E-state index contributed by atoms with van der Waals surface area (Å²) in [7, 11) is -4.78. The van der Waals surface area contributed by atoms with Gasteiger partial charge in [-0.15, -0.1) is 0 Å². The fraction of sp³-hybridized carbons (Fsp3) is 0.500. The molecule has 0 radical (unpaired) electrons. The number of esters is 1. The van der Waals surface area contributed by atoms with Crippen LogP contribution in [-0.4, -0.2) is 64.6 Å². The van der Waals surface area contributed by atoms with Gasteiger partial charge in [0, 0.05) is 24.1 Å². The predicted octanol–water partition coefficient (Wildman–Crippen LogP) is 4.85. The van der Waals surface area contributed by atoms with Crippen LogP contribution in [0.3, 0.4) is 0 Å². The number of carbonyl (C=O) groups excluding carboxylic acids is 3. The molecular weight excluding hydrogens is 688 g/mol. The molecule has 2 aromatic rings. The molecule has 3 aliphatic carbocycles. The van der Waals surface area contributed by atoms with Crippen molar-refractivity contribution >= 4 is 48.8 Å². The van der Waals surface area contributed by atoms with E-state index in [0.29, 0.717) is 25.7 Å². The van der Waals surface area contributed by atoms with E-state index in [1.54, 1.807) is 13.8 Å². The lowest BCUT2D eigenvalue weighted by Gasteiger charge is -2.57. The average Bonchev–Trinajstić information content (AvgIpc) is 2.98. The van der Waals surface area contributed by atoms with E-state index < -0.39 is 79.7 Å². The van der Waals surface area contributed by atoms with Crippen molar-refractivity contribution in [1.82, 2.24) is 10.6 Å². The first-order chi connectivity index (χ1) is 21.9. The molecule has 0 aromatic heterocycles. The molecule has 0 heterocycles. The summed E-state index contributed by atoms with van der Waals surface area (Å²) in [6.07, 6.45) is 0.369. The van der Waals surface area contributed by atoms with Crippen LogP contribution in [0.5, 0.6) is 11.5 Å². The molecule has 3 aliphatic rings. The molecule has 47 heavy (non-hydrogen) atoms. The maximum atomic E-state index is 13.8. The third kappa shape index (κ3) is 10.2.